The maximum Gasteiger partial charge on any atom is 0.337 e. The second-order valence-corrected chi connectivity index (χ2v) is 6.64. The van der Waals surface area contributed by atoms with Crippen molar-refractivity contribution >= 4 is 21.5 Å². The summed E-state index contributed by atoms with van der Waals surface area (Å²) >= 11 is 0. The van der Waals surface area contributed by atoms with Crippen molar-refractivity contribution in [2.24, 2.45) is 0 Å². The van der Waals surface area contributed by atoms with Crippen LogP contribution in [0, 0.1) is 6.92 Å². The van der Waals surface area contributed by atoms with Gasteiger partial charge in [0.15, 0.2) is 0 Å². The number of benzene rings is 1. The van der Waals surface area contributed by atoms with Gasteiger partial charge in [-0.2, -0.15) is 0 Å². The summed E-state index contributed by atoms with van der Waals surface area (Å²) in [7, 11) is -1.37. The lowest BCUT2D eigenvalue weighted by molar-refractivity contribution is 0.0697. The number of aromatic carboxylic acids is 1. The molecule has 0 saturated carbocycles. The molecule has 0 atom stereocenters. The van der Waals surface area contributed by atoms with Gasteiger partial charge >= 0.3 is 5.97 Å². The van der Waals surface area contributed by atoms with Gasteiger partial charge in [0.25, 0.3) is 0 Å². The molecule has 100 valence electrons. The highest BCUT2D eigenvalue weighted by Crippen LogP contribution is 2.21. The molecule has 1 aromatic rings. The van der Waals surface area contributed by atoms with E-state index in [-0.39, 0.29) is 17.9 Å². The van der Waals surface area contributed by atoms with E-state index in [1.54, 1.807) is 30.1 Å². The van der Waals surface area contributed by atoms with Crippen LogP contribution >= 0.6 is 0 Å². The molecule has 0 heterocycles. The zero-order valence-electron chi connectivity index (χ0n) is 10.7. The van der Waals surface area contributed by atoms with E-state index in [0.29, 0.717) is 5.69 Å². The SMILES string of the molecule is Cc1ccc(N(C)CCS(C)(=O)=O)c(C(=O)O)c1. The quantitative estimate of drug-likeness (QED) is 0.870. The molecule has 0 bridgehead atoms. The van der Waals surface area contributed by atoms with Gasteiger partial charge in [0.05, 0.1) is 17.0 Å². The van der Waals surface area contributed by atoms with Crippen molar-refractivity contribution in [3.05, 3.63) is 29.3 Å². The molecule has 0 aromatic heterocycles. The van der Waals surface area contributed by atoms with Crippen LogP contribution in [-0.2, 0) is 9.84 Å². The summed E-state index contributed by atoms with van der Waals surface area (Å²) in [5, 5.41) is 9.12. The van der Waals surface area contributed by atoms with E-state index >= 15 is 0 Å². The maximum absolute atomic E-state index is 11.1. The summed E-state index contributed by atoms with van der Waals surface area (Å²) in [6, 6.07) is 5.08. The predicted molar refractivity (Wildman–Crippen MR) is 71.1 cm³/mol. The number of anilines is 1. The first-order valence-electron chi connectivity index (χ1n) is 5.43. The fraction of sp³-hybridized carbons (Fsp3) is 0.417. The number of carbonyl (C=O) groups is 1. The Morgan fingerprint density at radius 1 is 1.39 bits per heavy atom. The van der Waals surface area contributed by atoms with E-state index < -0.39 is 15.8 Å². The molecular weight excluding hydrogens is 254 g/mol. The Labute approximate surface area is 107 Å². The minimum absolute atomic E-state index is 0.00354. The molecule has 0 unspecified atom stereocenters. The second kappa shape index (κ2) is 5.39. The molecular formula is C12H17NO4S. The summed E-state index contributed by atoms with van der Waals surface area (Å²) in [5.41, 5.74) is 1.57. The van der Waals surface area contributed by atoms with E-state index in [2.05, 4.69) is 0 Å². The molecule has 0 amide bonds. The van der Waals surface area contributed by atoms with Gasteiger partial charge in [0.2, 0.25) is 0 Å². The fourth-order valence-electron chi connectivity index (χ4n) is 1.58. The van der Waals surface area contributed by atoms with Crippen LogP contribution in [0.4, 0.5) is 5.69 Å². The monoisotopic (exact) mass is 271 g/mol. The van der Waals surface area contributed by atoms with Gasteiger partial charge in [-0.05, 0) is 19.1 Å². The van der Waals surface area contributed by atoms with Crippen LogP contribution in [0.25, 0.3) is 0 Å². The molecule has 5 nitrogen and oxygen atoms in total. The third-order valence-corrected chi connectivity index (χ3v) is 3.52. The zero-order valence-corrected chi connectivity index (χ0v) is 11.5. The molecule has 0 spiro atoms. The molecule has 0 aliphatic rings. The topological polar surface area (TPSA) is 74.7 Å². The first kappa shape index (κ1) is 14.5. The van der Waals surface area contributed by atoms with Crippen molar-refractivity contribution in [2.45, 2.75) is 6.92 Å². The Morgan fingerprint density at radius 2 is 2.00 bits per heavy atom. The number of nitrogens with zero attached hydrogens (tertiary/aromatic N) is 1. The smallest absolute Gasteiger partial charge is 0.337 e. The Morgan fingerprint density at radius 3 is 2.50 bits per heavy atom. The minimum Gasteiger partial charge on any atom is -0.478 e. The average molecular weight is 271 g/mol. The second-order valence-electron chi connectivity index (χ2n) is 4.38. The lowest BCUT2D eigenvalue weighted by Gasteiger charge is -2.21. The fourth-order valence-corrected chi connectivity index (χ4v) is 2.18. The van der Waals surface area contributed by atoms with Gasteiger partial charge in [0, 0.05) is 19.8 Å². The molecule has 1 N–H and O–H groups in total. The van der Waals surface area contributed by atoms with E-state index in [1.807, 2.05) is 6.92 Å². The Balaban J connectivity index is 2.98. The highest BCUT2D eigenvalue weighted by atomic mass is 32.2. The van der Waals surface area contributed by atoms with Crippen molar-refractivity contribution in [3.8, 4) is 0 Å². The van der Waals surface area contributed by atoms with Crippen LogP contribution in [-0.4, -0.2) is 45.1 Å². The van der Waals surface area contributed by atoms with Crippen LogP contribution in [0.15, 0.2) is 18.2 Å². The standard InChI is InChI=1S/C12H17NO4S/c1-9-4-5-11(10(8-9)12(14)15)13(2)6-7-18(3,16)17/h4-5,8H,6-7H2,1-3H3,(H,14,15). The number of hydrogen-bond acceptors (Lipinski definition) is 4. The Kier molecular flexibility index (Phi) is 4.34. The molecule has 0 saturated heterocycles. The largest absolute Gasteiger partial charge is 0.478 e. The number of carboxylic acids is 1. The van der Waals surface area contributed by atoms with Crippen LogP contribution < -0.4 is 4.90 Å². The van der Waals surface area contributed by atoms with Crippen LogP contribution in [0.5, 0.6) is 0 Å². The number of aryl methyl sites for hydroxylation is 1. The third kappa shape index (κ3) is 4.03. The molecule has 0 fully saturated rings. The van der Waals surface area contributed by atoms with Gasteiger partial charge in [-0.3, -0.25) is 0 Å². The first-order valence-corrected chi connectivity index (χ1v) is 7.49. The van der Waals surface area contributed by atoms with Gasteiger partial charge in [-0.25, -0.2) is 13.2 Å². The van der Waals surface area contributed by atoms with Crippen molar-refractivity contribution < 1.29 is 18.3 Å². The third-order valence-electron chi connectivity index (χ3n) is 2.59. The Hall–Kier alpha value is -1.56. The van der Waals surface area contributed by atoms with Crippen LogP contribution in [0.3, 0.4) is 0 Å². The van der Waals surface area contributed by atoms with Crippen LogP contribution in [0.1, 0.15) is 15.9 Å². The summed E-state index contributed by atoms with van der Waals surface area (Å²) in [6.45, 7) is 2.08. The molecule has 1 rings (SSSR count). The lowest BCUT2D eigenvalue weighted by atomic mass is 10.1. The molecule has 6 heteroatoms. The first-order chi connectivity index (χ1) is 8.20. The molecule has 0 aliphatic heterocycles. The molecule has 1 aromatic carbocycles. The van der Waals surface area contributed by atoms with Crippen molar-refractivity contribution in [3.63, 3.8) is 0 Å². The molecule has 18 heavy (non-hydrogen) atoms. The number of sulfone groups is 1. The Bertz CT molecular complexity index is 551. The predicted octanol–water partition coefficient (Wildman–Crippen LogP) is 1.17. The summed E-state index contributed by atoms with van der Waals surface area (Å²) in [4.78, 5) is 12.8. The van der Waals surface area contributed by atoms with Gasteiger partial charge in [-0.15, -0.1) is 0 Å². The van der Waals surface area contributed by atoms with Crippen molar-refractivity contribution in [2.75, 3.05) is 30.5 Å². The average Bonchev–Trinajstić information content (AvgIpc) is 2.24. The van der Waals surface area contributed by atoms with Crippen molar-refractivity contribution in [1.82, 2.24) is 0 Å². The van der Waals surface area contributed by atoms with Gasteiger partial charge in [0.1, 0.15) is 9.84 Å². The van der Waals surface area contributed by atoms with E-state index in [4.69, 9.17) is 5.11 Å². The summed E-state index contributed by atoms with van der Waals surface area (Å²) < 4.78 is 22.2. The van der Waals surface area contributed by atoms with Crippen LogP contribution in [0.2, 0.25) is 0 Å². The highest BCUT2D eigenvalue weighted by molar-refractivity contribution is 7.90. The maximum atomic E-state index is 11.1. The van der Waals surface area contributed by atoms with E-state index in [1.165, 1.54) is 0 Å². The van der Waals surface area contributed by atoms with Gasteiger partial charge in [-0.1, -0.05) is 11.6 Å². The summed E-state index contributed by atoms with van der Waals surface area (Å²) in [5.74, 6) is -1.02. The molecule has 0 radical (unpaired) electrons. The minimum atomic E-state index is -3.06. The van der Waals surface area contributed by atoms with Crippen molar-refractivity contribution in [1.29, 1.82) is 0 Å². The summed E-state index contributed by atoms with van der Waals surface area (Å²) in [6.07, 6.45) is 1.16. The van der Waals surface area contributed by atoms with Gasteiger partial charge < -0.3 is 10.0 Å². The lowest BCUT2D eigenvalue weighted by Crippen LogP contribution is -2.26. The van der Waals surface area contributed by atoms with E-state index in [0.717, 1.165) is 11.8 Å². The number of hydrogen-bond donors (Lipinski definition) is 1. The zero-order chi connectivity index (χ0) is 13.9. The normalized spacial score (nSPS) is 11.3. The van der Waals surface area contributed by atoms with E-state index in [9.17, 15) is 13.2 Å². The molecule has 0 aliphatic carbocycles. The number of carboxylic acid groups (broad SMARTS) is 1. The highest BCUT2D eigenvalue weighted by Gasteiger charge is 2.14. The number of rotatable bonds is 5.